The van der Waals surface area contributed by atoms with E-state index in [1.54, 1.807) is 19.3 Å². The molecular formula is C24H19ClO4. The molecular weight excluding hydrogens is 388 g/mol. The van der Waals surface area contributed by atoms with Gasteiger partial charge in [0.25, 0.3) is 0 Å². The normalized spacial score (nSPS) is 13.9. The number of ether oxygens (including phenoxy) is 3. The highest BCUT2D eigenvalue weighted by molar-refractivity contribution is 6.31. The molecule has 0 atom stereocenters. The maximum atomic E-state index is 12.8. The van der Waals surface area contributed by atoms with Crippen molar-refractivity contribution in [1.29, 1.82) is 0 Å². The Morgan fingerprint density at radius 3 is 2.52 bits per heavy atom. The summed E-state index contributed by atoms with van der Waals surface area (Å²) in [5.74, 6) is 2.04. The minimum absolute atomic E-state index is 0.133. The molecule has 0 N–H and O–H groups in total. The van der Waals surface area contributed by atoms with E-state index in [0.717, 1.165) is 22.4 Å². The number of aryl methyl sites for hydroxylation is 1. The molecule has 3 aromatic rings. The third kappa shape index (κ3) is 3.98. The van der Waals surface area contributed by atoms with Crippen LogP contribution in [0.1, 0.15) is 27.0 Å². The fourth-order valence-corrected chi connectivity index (χ4v) is 3.38. The van der Waals surface area contributed by atoms with Crippen LogP contribution in [0.4, 0.5) is 0 Å². The zero-order valence-corrected chi connectivity index (χ0v) is 16.8. The monoisotopic (exact) mass is 406 g/mol. The van der Waals surface area contributed by atoms with Crippen molar-refractivity contribution in [3.05, 3.63) is 93.7 Å². The summed E-state index contributed by atoms with van der Waals surface area (Å²) >= 11 is 6.19. The number of Topliss-reactive ketones (excluding diaryl/α,β-unsaturated/α-hetero) is 1. The summed E-state index contributed by atoms with van der Waals surface area (Å²) < 4.78 is 16.9. The molecule has 0 unspecified atom stereocenters. The molecule has 1 aliphatic heterocycles. The lowest BCUT2D eigenvalue weighted by Gasteiger charge is -2.10. The smallest absolute Gasteiger partial charge is 0.232 e. The summed E-state index contributed by atoms with van der Waals surface area (Å²) in [6, 6.07) is 18.5. The van der Waals surface area contributed by atoms with Crippen LogP contribution in [0.25, 0.3) is 6.08 Å². The molecule has 0 bridgehead atoms. The third-order valence-corrected chi connectivity index (χ3v) is 5.08. The summed E-state index contributed by atoms with van der Waals surface area (Å²) in [5.41, 5.74) is 3.12. The molecule has 0 saturated heterocycles. The van der Waals surface area contributed by atoms with Crippen LogP contribution in [-0.4, -0.2) is 12.9 Å². The van der Waals surface area contributed by atoms with Crippen molar-refractivity contribution in [2.75, 3.05) is 7.11 Å². The summed E-state index contributed by atoms with van der Waals surface area (Å²) in [6.07, 6.45) is 1.73. The number of ketones is 1. The van der Waals surface area contributed by atoms with E-state index >= 15 is 0 Å². The second-order valence-electron chi connectivity index (χ2n) is 6.71. The van der Waals surface area contributed by atoms with E-state index in [0.29, 0.717) is 28.7 Å². The molecule has 0 spiro atoms. The van der Waals surface area contributed by atoms with Crippen LogP contribution in [0.15, 0.2) is 66.4 Å². The molecule has 0 amide bonds. The number of rotatable bonds is 5. The van der Waals surface area contributed by atoms with Crippen LogP contribution in [0.3, 0.4) is 0 Å². The number of fused-ring (bicyclic) bond motifs is 1. The van der Waals surface area contributed by atoms with Crippen molar-refractivity contribution in [3.63, 3.8) is 0 Å². The number of methoxy groups -OCH3 is 1. The van der Waals surface area contributed by atoms with Gasteiger partial charge in [-0.05, 0) is 48.4 Å². The molecule has 3 aromatic carbocycles. The van der Waals surface area contributed by atoms with Crippen LogP contribution in [-0.2, 0) is 6.61 Å². The predicted molar refractivity (Wildman–Crippen MR) is 113 cm³/mol. The average Bonchev–Trinajstić information content (AvgIpc) is 3.03. The third-order valence-electron chi connectivity index (χ3n) is 4.71. The van der Waals surface area contributed by atoms with Gasteiger partial charge in [-0.25, -0.2) is 0 Å². The van der Waals surface area contributed by atoms with Crippen molar-refractivity contribution >= 4 is 23.5 Å². The zero-order valence-electron chi connectivity index (χ0n) is 16.1. The van der Waals surface area contributed by atoms with Crippen molar-refractivity contribution < 1.29 is 19.0 Å². The number of carbonyl (C=O) groups is 1. The highest BCUT2D eigenvalue weighted by atomic mass is 35.5. The lowest BCUT2D eigenvalue weighted by molar-refractivity contribution is 0.101. The fraction of sp³-hybridized carbons (Fsp3) is 0.125. The van der Waals surface area contributed by atoms with Crippen LogP contribution in [0, 0.1) is 6.92 Å². The summed E-state index contributed by atoms with van der Waals surface area (Å²) in [4.78, 5) is 12.8. The Hall–Kier alpha value is -3.24. The second kappa shape index (κ2) is 8.02. The van der Waals surface area contributed by atoms with Crippen LogP contribution in [0.5, 0.6) is 17.2 Å². The van der Waals surface area contributed by atoms with Gasteiger partial charge in [0, 0.05) is 16.7 Å². The van der Waals surface area contributed by atoms with Crippen LogP contribution in [0.2, 0.25) is 5.02 Å². The Kier molecular flexibility index (Phi) is 5.28. The van der Waals surface area contributed by atoms with E-state index in [9.17, 15) is 4.79 Å². The summed E-state index contributed by atoms with van der Waals surface area (Å²) in [5, 5.41) is 0.654. The molecule has 146 valence electrons. The van der Waals surface area contributed by atoms with Gasteiger partial charge in [-0.2, -0.15) is 0 Å². The van der Waals surface area contributed by atoms with Crippen molar-refractivity contribution in [2.45, 2.75) is 13.5 Å². The molecule has 0 aliphatic carbocycles. The standard InChI is InChI=1S/C24H19ClO4/c1-15-11-19(28-14-17-5-3-4-6-20(17)25)13-21-23(15)24(26)22(29-21)12-16-7-9-18(27-2)10-8-16/h3-13H,14H2,1-2H3/b22-12-. The first kappa shape index (κ1) is 19.1. The molecule has 4 rings (SSSR count). The Bertz CT molecular complexity index is 1100. The lowest BCUT2D eigenvalue weighted by Crippen LogP contribution is -2.00. The van der Waals surface area contributed by atoms with Crippen molar-refractivity contribution in [3.8, 4) is 17.2 Å². The predicted octanol–water partition coefficient (Wildman–Crippen LogP) is 5.85. The molecule has 0 saturated carbocycles. The summed E-state index contributed by atoms with van der Waals surface area (Å²) in [7, 11) is 1.61. The molecule has 29 heavy (non-hydrogen) atoms. The molecule has 1 aliphatic rings. The second-order valence-corrected chi connectivity index (χ2v) is 7.11. The molecule has 0 fully saturated rings. The van der Waals surface area contributed by atoms with E-state index in [2.05, 4.69) is 0 Å². The number of halogens is 1. The van der Waals surface area contributed by atoms with Gasteiger partial charge >= 0.3 is 0 Å². The van der Waals surface area contributed by atoms with Crippen LogP contribution < -0.4 is 14.2 Å². The van der Waals surface area contributed by atoms with Gasteiger partial charge in [0.1, 0.15) is 23.9 Å². The highest BCUT2D eigenvalue weighted by Gasteiger charge is 2.30. The number of allylic oxidation sites excluding steroid dienone is 1. The van der Waals surface area contributed by atoms with E-state index < -0.39 is 0 Å². The first-order chi connectivity index (χ1) is 14.0. The number of hydrogen-bond acceptors (Lipinski definition) is 4. The zero-order chi connectivity index (χ0) is 20.4. The van der Waals surface area contributed by atoms with Gasteiger partial charge in [0.15, 0.2) is 5.76 Å². The largest absolute Gasteiger partial charge is 0.497 e. The van der Waals surface area contributed by atoms with Crippen molar-refractivity contribution in [2.24, 2.45) is 0 Å². The Labute approximate surface area is 174 Å². The van der Waals surface area contributed by atoms with Gasteiger partial charge in [0.2, 0.25) is 5.78 Å². The SMILES string of the molecule is COc1ccc(/C=C2\Oc3cc(OCc4ccccc4Cl)cc(C)c3C2=O)cc1. The lowest BCUT2D eigenvalue weighted by atomic mass is 10.0. The van der Waals surface area contributed by atoms with E-state index in [-0.39, 0.29) is 11.5 Å². The molecule has 0 radical (unpaired) electrons. The van der Waals surface area contributed by atoms with Gasteiger partial charge in [-0.1, -0.05) is 41.9 Å². The maximum Gasteiger partial charge on any atom is 0.232 e. The average molecular weight is 407 g/mol. The number of benzene rings is 3. The number of carbonyl (C=O) groups excluding carboxylic acids is 1. The topological polar surface area (TPSA) is 44.8 Å². The Morgan fingerprint density at radius 1 is 1.03 bits per heavy atom. The first-order valence-corrected chi connectivity index (χ1v) is 9.52. The van der Waals surface area contributed by atoms with E-state index in [1.165, 1.54) is 0 Å². The van der Waals surface area contributed by atoms with Gasteiger partial charge in [-0.3, -0.25) is 4.79 Å². The molecule has 4 nitrogen and oxygen atoms in total. The summed E-state index contributed by atoms with van der Waals surface area (Å²) in [6.45, 7) is 2.21. The minimum atomic E-state index is -0.133. The van der Waals surface area contributed by atoms with E-state index in [1.807, 2.05) is 61.5 Å². The Morgan fingerprint density at radius 2 is 1.79 bits per heavy atom. The highest BCUT2D eigenvalue weighted by Crippen LogP contribution is 2.38. The number of hydrogen-bond donors (Lipinski definition) is 0. The first-order valence-electron chi connectivity index (χ1n) is 9.14. The van der Waals surface area contributed by atoms with Crippen LogP contribution >= 0.6 is 11.6 Å². The maximum absolute atomic E-state index is 12.8. The van der Waals surface area contributed by atoms with E-state index in [4.69, 9.17) is 25.8 Å². The Balaban J connectivity index is 1.56. The minimum Gasteiger partial charge on any atom is -0.497 e. The molecule has 5 heteroatoms. The van der Waals surface area contributed by atoms with Gasteiger partial charge in [-0.15, -0.1) is 0 Å². The molecule has 0 aromatic heterocycles. The molecule has 1 heterocycles. The quantitative estimate of drug-likeness (QED) is 0.498. The van der Waals surface area contributed by atoms with Gasteiger partial charge < -0.3 is 14.2 Å². The fourth-order valence-electron chi connectivity index (χ4n) is 3.19. The van der Waals surface area contributed by atoms with Gasteiger partial charge in [0.05, 0.1) is 12.7 Å². The van der Waals surface area contributed by atoms with Crippen molar-refractivity contribution in [1.82, 2.24) is 0 Å².